The first-order valence-electron chi connectivity index (χ1n) is 18.0. The first-order valence-corrected chi connectivity index (χ1v) is 18.8. The number of aromatic nitrogens is 6. The number of anilines is 5. The molecule has 6 rings (SSSR count). The Labute approximate surface area is 339 Å². The lowest BCUT2D eigenvalue weighted by molar-refractivity contribution is 0.274. The number of nitrogens with two attached hydrogens (primary N) is 1. The summed E-state index contributed by atoms with van der Waals surface area (Å²) in [7, 11) is 3.20. The van der Waals surface area contributed by atoms with E-state index in [1.807, 2.05) is 59.7 Å². The Hall–Kier alpha value is -5.78. The number of pyridine rings is 6. The maximum Gasteiger partial charge on any atom is 0.262 e. The van der Waals surface area contributed by atoms with E-state index in [-0.39, 0.29) is 48.5 Å². The van der Waals surface area contributed by atoms with Crippen molar-refractivity contribution >= 4 is 66.6 Å². The second-order valence-electron chi connectivity index (χ2n) is 14.7. The molecule has 16 nitrogen and oxygen atoms in total. The van der Waals surface area contributed by atoms with Crippen LogP contribution >= 0.6 is 15.9 Å². The third-order valence-electron chi connectivity index (χ3n) is 7.77. The molecule has 0 fully saturated rings. The van der Waals surface area contributed by atoms with Crippen LogP contribution in [0.3, 0.4) is 0 Å². The Kier molecular flexibility index (Phi) is 14.9. The molecule has 57 heavy (non-hydrogen) atoms. The molecule has 7 N–H and O–H groups in total. The van der Waals surface area contributed by atoms with Crippen LogP contribution in [0.5, 0.6) is 11.5 Å². The summed E-state index contributed by atoms with van der Waals surface area (Å²) in [6, 6.07) is 14.4. The first kappa shape index (κ1) is 43.9. The van der Waals surface area contributed by atoms with Gasteiger partial charge in [-0.2, -0.15) is 0 Å². The van der Waals surface area contributed by atoms with E-state index in [9.17, 15) is 14.7 Å². The van der Waals surface area contributed by atoms with Crippen molar-refractivity contribution in [3.63, 3.8) is 0 Å². The Balaban J connectivity index is 0.000000215. The fraction of sp³-hybridized carbons (Fsp3) is 0.350. The van der Waals surface area contributed by atoms with Crippen LogP contribution in [0, 0.1) is 0 Å². The second-order valence-corrected chi connectivity index (χ2v) is 15.5. The van der Waals surface area contributed by atoms with Gasteiger partial charge in [0.25, 0.3) is 11.1 Å². The molecule has 0 aromatic carbocycles. The molecule has 0 unspecified atom stereocenters. The van der Waals surface area contributed by atoms with Crippen LogP contribution in [0.2, 0.25) is 0 Å². The minimum atomic E-state index is -0.291. The zero-order chi connectivity index (χ0) is 41.9. The summed E-state index contributed by atoms with van der Waals surface area (Å²) in [4.78, 5) is 42.5. The van der Waals surface area contributed by atoms with Crippen molar-refractivity contribution in [3.8, 4) is 11.5 Å². The van der Waals surface area contributed by atoms with Gasteiger partial charge in [-0.3, -0.25) is 9.59 Å². The molecule has 0 atom stereocenters. The monoisotopic (exact) mass is 846 g/mol. The second kappa shape index (κ2) is 19.4. The van der Waals surface area contributed by atoms with Gasteiger partial charge in [0.05, 0.1) is 50.6 Å². The standard InChI is InChI=1S/C20H25N5O3.C14H20N4O2.C6H6BrNO/c1-20(2,3)24-18-17-13(7-8-25(9-10-26)19(17)27)11-16(23-18)22-15-6-5-14(28-4)12-21-15;1-14(2,3)17-12-11-9(8-10(15)16-12)4-5-18(6-7-19)13(11)20;1-9-5-2-3-6(7)8-4-5/h5-8,11-12,26H,9-10H2,1-4H3,(H2,21,22,23,24);4-5,8,19H,6-7H2,1-3H3,(H3,15,16,17);2-4H,1H3. The number of hydrogen-bond donors (Lipinski definition) is 6. The quantitative estimate of drug-likeness (QED) is 0.0902. The molecule has 0 spiro atoms. The van der Waals surface area contributed by atoms with E-state index in [4.69, 9.17) is 20.3 Å². The van der Waals surface area contributed by atoms with Crippen molar-refractivity contribution in [2.75, 3.05) is 49.1 Å². The van der Waals surface area contributed by atoms with Gasteiger partial charge < -0.3 is 50.5 Å². The maximum atomic E-state index is 12.9. The predicted octanol–water partition coefficient (Wildman–Crippen LogP) is 5.78. The zero-order valence-electron chi connectivity index (χ0n) is 33.4. The molecule has 0 saturated carbocycles. The highest BCUT2D eigenvalue weighted by Crippen LogP contribution is 2.27. The molecular weight excluding hydrogens is 796 g/mol. The third kappa shape index (κ3) is 12.6. The number of fused-ring (bicyclic) bond motifs is 2. The van der Waals surface area contributed by atoms with Crippen molar-refractivity contribution in [2.45, 2.75) is 65.7 Å². The Bertz CT molecular complexity index is 2370. The summed E-state index contributed by atoms with van der Waals surface area (Å²) in [5.74, 6) is 3.94. The Morgan fingerprint density at radius 1 is 0.702 bits per heavy atom. The molecule has 0 aliphatic carbocycles. The van der Waals surface area contributed by atoms with Crippen LogP contribution in [0.15, 0.2) is 87.5 Å². The van der Waals surface area contributed by atoms with E-state index in [1.54, 1.807) is 69.3 Å². The summed E-state index contributed by atoms with van der Waals surface area (Å²) in [6.07, 6.45) is 6.60. The lowest BCUT2D eigenvalue weighted by Gasteiger charge is -2.23. The fourth-order valence-corrected chi connectivity index (χ4v) is 5.57. The summed E-state index contributed by atoms with van der Waals surface area (Å²) < 4.78 is 13.8. The van der Waals surface area contributed by atoms with Crippen LogP contribution in [0.4, 0.5) is 29.1 Å². The maximum absolute atomic E-state index is 12.9. The van der Waals surface area contributed by atoms with Gasteiger partial charge in [0.1, 0.15) is 45.2 Å². The highest BCUT2D eigenvalue weighted by Gasteiger charge is 2.18. The number of nitrogens with zero attached hydrogens (tertiary/aromatic N) is 6. The number of hydrogen-bond acceptors (Lipinski definition) is 14. The molecule has 0 aliphatic rings. The normalized spacial score (nSPS) is 11.2. The fourth-order valence-electron chi connectivity index (χ4n) is 5.34. The van der Waals surface area contributed by atoms with E-state index >= 15 is 0 Å². The zero-order valence-corrected chi connectivity index (χ0v) is 35.0. The lowest BCUT2D eigenvalue weighted by Crippen LogP contribution is -2.29. The average molecular weight is 848 g/mol. The van der Waals surface area contributed by atoms with Crippen LogP contribution in [0.1, 0.15) is 41.5 Å². The topological polar surface area (TPSA) is 217 Å². The highest BCUT2D eigenvalue weighted by molar-refractivity contribution is 9.10. The van der Waals surface area contributed by atoms with Crippen molar-refractivity contribution < 1.29 is 19.7 Å². The number of ether oxygens (including phenoxy) is 2. The average Bonchev–Trinajstić information content (AvgIpc) is 3.14. The smallest absolute Gasteiger partial charge is 0.262 e. The number of nitrogen functional groups attached to an aromatic ring is 1. The molecule has 0 bridgehead atoms. The molecule has 6 aromatic heterocycles. The first-order chi connectivity index (χ1) is 26.9. The van der Waals surface area contributed by atoms with Crippen molar-refractivity contribution in [1.82, 2.24) is 29.1 Å². The van der Waals surface area contributed by atoms with Gasteiger partial charge in [0.2, 0.25) is 0 Å². The summed E-state index contributed by atoms with van der Waals surface area (Å²) >= 11 is 3.21. The molecule has 0 aliphatic heterocycles. The van der Waals surface area contributed by atoms with Crippen LogP contribution < -0.4 is 42.3 Å². The molecule has 304 valence electrons. The SMILES string of the molecule is CC(C)(C)Nc1nc(N)cc2ccn(CCO)c(=O)c12.COc1ccc(Br)nc1.COc1ccc(Nc2cc3ccn(CCO)c(=O)c3c(NC(C)(C)C)n2)nc1. The van der Waals surface area contributed by atoms with Crippen molar-refractivity contribution in [3.05, 3.63) is 98.6 Å². The van der Waals surface area contributed by atoms with Crippen molar-refractivity contribution in [2.24, 2.45) is 0 Å². The molecule has 17 heteroatoms. The van der Waals surface area contributed by atoms with Crippen LogP contribution in [-0.4, -0.2) is 77.8 Å². The summed E-state index contributed by atoms with van der Waals surface area (Å²) in [5, 5.41) is 30.4. The van der Waals surface area contributed by atoms with Crippen LogP contribution in [-0.2, 0) is 13.1 Å². The third-order valence-corrected chi connectivity index (χ3v) is 8.24. The van der Waals surface area contributed by atoms with E-state index in [1.165, 1.54) is 9.13 Å². The Morgan fingerprint density at radius 2 is 1.19 bits per heavy atom. The van der Waals surface area contributed by atoms with Gasteiger partial charge >= 0.3 is 0 Å². The molecular formula is C40H51BrN10O6. The Morgan fingerprint density at radius 3 is 1.63 bits per heavy atom. The van der Waals surface area contributed by atoms with Crippen molar-refractivity contribution in [1.29, 1.82) is 0 Å². The molecule has 6 aromatic rings. The summed E-state index contributed by atoms with van der Waals surface area (Å²) in [6.45, 7) is 12.3. The van der Waals surface area contributed by atoms with Gasteiger partial charge in [0, 0.05) is 36.6 Å². The molecule has 0 radical (unpaired) electrons. The number of methoxy groups -OCH3 is 2. The van der Waals surface area contributed by atoms with Gasteiger partial charge in [-0.05, 0) is 117 Å². The molecule has 0 saturated heterocycles. The van der Waals surface area contributed by atoms with Gasteiger partial charge in [0.15, 0.2) is 0 Å². The largest absolute Gasteiger partial charge is 0.495 e. The number of nitrogens with one attached hydrogen (secondary N) is 3. The van der Waals surface area contributed by atoms with Gasteiger partial charge in [-0.15, -0.1) is 0 Å². The highest BCUT2D eigenvalue weighted by atomic mass is 79.9. The number of aliphatic hydroxyl groups excluding tert-OH is 2. The van der Waals surface area contributed by atoms with Crippen LogP contribution in [0.25, 0.3) is 21.5 Å². The van der Waals surface area contributed by atoms with E-state index in [0.717, 1.165) is 21.1 Å². The predicted molar refractivity (Wildman–Crippen MR) is 230 cm³/mol. The number of halogens is 1. The van der Waals surface area contributed by atoms with E-state index in [0.29, 0.717) is 45.6 Å². The number of aliphatic hydroxyl groups is 2. The van der Waals surface area contributed by atoms with E-state index < -0.39 is 0 Å². The lowest BCUT2D eigenvalue weighted by atomic mass is 10.1. The molecule has 6 heterocycles. The number of rotatable bonds is 10. The van der Waals surface area contributed by atoms with Gasteiger partial charge in [-0.25, -0.2) is 19.9 Å². The molecule has 0 amide bonds. The minimum Gasteiger partial charge on any atom is -0.495 e. The minimum absolute atomic E-state index is 0.0875. The van der Waals surface area contributed by atoms with E-state index in [2.05, 4.69) is 51.8 Å². The van der Waals surface area contributed by atoms with Gasteiger partial charge in [-0.1, -0.05) is 0 Å². The summed E-state index contributed by atoms with van der Waals surface area (Å²) in [5.41, 5.74) is 4.88.